The summed E-state index contributed by atoms with van der Waals surface area (Å²) in [7, 11) is 0. The topological polar surface area (TPSA) is 109 Å². The Hall–Kier alpha value is -4.31. The summed E-state index contributed by atoms with van der Waals surface area (Å²) < 4.78 is 7.38. The predicted molar refractivity (Wildman–Crippen MR) is 127 cm³/mol. The standard InChI is InChI=1S/C23H21N9O/c1-2-4-18-17(3-1)16(13-25-18)14-27-29-21-12-23(31-7-9-33-10-8-31)32-22(28-21)11-20(30-32)19-5-6-24-15-26-19/h1-6,11-15,25H,7-10H2,(H,28,29)/b27-14+. The molecule has 0 atom stereocenters. The molecule has 0 radical (unpaired) electrons. The summed E-state index contributed by atoms with van der Waals surface area (Å²) in [5.74, 6) is 1.56. The van der Waals surface area contributed by atoms with Crippen molar-refractivity contribution >= 4 is 34.4 Å². The zero-order chi connectivity index (χ0) is 22.0. The van der Waals surface area contributed by atoms with Gasteiger partial charge in [0.25, 0.3) is 0 Å². The van der Waals surface area contributed by atoms with Gasteiger partial charge in [0.05, 0.1) is 25.1 Å². The molecule has 1 aliphatic rings. The molecular formula is C23H21N9O. The van der Waals surface area contributed by atoms with Gasteiger partial charge in [0, 0.05) is 54.1 Å². The Morgan fingerprint density at radius 1 is 1.09 bits per heavy atom. The molecule has 6 rings (SSSR count). The van der Waals surface area contributed by atoms with E-state index >= 15 is 0 Å². The SMILES string of the molecule is C(=N\Nc1cc(N2CCOCC2)n2nc(-c3ccncn3)cc2n1)/c1c[nH]c2ccccc12. The third kappa shape index (κ3) is 3.76. The summed E-state index contributed by atoms with van der Waals surface area (Å²) in [6.45, 7) is 2.90. The fourth-order valence-electron chi connectivity index (χ4n) is 3.97. The molecule has 10 nitrogen and oxygen atoms in total. The van der Waals surface area contributed by atoms with Gasteiger partial charge in [0.1, 0.15) is 17.8 Å². The van der Waals surface area contributed by atoms with Crippen molar-refractivity contribution in [1.82, 2.24) is 29.5 Å². The monoisotopic (exact) mass is 439 g/mol. The lowest BCUT2D eigenvalue weighted by Crippen LogP contribution is -2.37. The molecule has 1 aliphatic heterocycles. The Balaban J connectivity index is 1.36. The van der Waals surface area contributed by atoms with Crippen LogP contribution in [0.3, 0.4) is 0 Å². The number of H-pyrrole nitrogens is 1. The minimum atomic E-state index is 0.634. The van der Waals surface area contributed by atoms with Crippen molar-refractivity contribution in [3.63, 3.8) is 0 Å². The van der Waals surface area contributed by atoms with Crippen molar-refractivity contribution in [1.29, 1.82) is 0 Å². The van der Waals surface area contributed by atoms with Gasteiger partial charge in [-0.05, 0) is 12.1 Å². The molecule has 164 valence electrons. The van der Waals surface area contributed by atoms with Gasteiger partial charge in [-0.2, -0.15) is 14.7 Å². The van der Waals surface area contributed by atoms with E-state index < -0.39 is 0 Å². The number of morpholine rings is 1. The second kappa shape index (κ2) is 8.32. The summed E-state index contributed by atoms with van der Waals surface area (Å²) in [4.78, 5) is 18.5. The van der Waals surface area contributed by atoms with Gasteiger partial charge in [-0.1, -0.05) is 18.2 Å². The number of hydrogen-bond donors (Lipinski definition) is 2. The van der Waals surface area contributed by atoms with Gasteiger partial charge >= 0.3 is 0 Å². The van der Waals surface area contributed by atoms with E-state index in [-0.39, 0.29) is 0 Å². The molecule has 10 heteroatoms. The van der Waals surface area contributed by atoms with E-state index in [2.05, 4.69) is 36.4 Å². The molecule has 0 bridgehead atoms. The quantitative estimate of drug-likeness (QED) is 0.320. The first-order valence-electron chi connectivity index (χ1n) is 10.7. The Morgan fingerprint density at radius 3 is 2.88 bits per heavy atom. The fourth-order valence-corrected chi connectivity index (χ4v) is 3.97. The van der Waals surface area contributed by atoms with Crippen molar-refractivity contribution < 1.29 is 4.74 Å². The first-order chi connectivity index (χ1) is 16.3. The number of aromatic amines is 1. The predicted octanol–water partition coefficient (Wildman–Crippen LogP) is 2.95. The summed E-state index contributed by atoms with van der Waals surface area (Å²) in [6, 6.07) is 13.8. The van der Waals surface area contributed by atoms with Gasteiger partial charge in [-0.25, -0.2) is 15.0 Å². The van der Waals surface area contributed by atoms with Crippen LogP contribution >= 0.6 is 0 Å². The molecule has 1 fully saturated rings. The lowest BCUT2D eigenvalue weighted by Gasteiger charge is -2.29. The first kappa shape index (κ1) is 19.4. The number of ether oxygens (including phenoxy) is 1. The van der Waals surface area contributed by atoms with E-state index in [0.717, 1.165) is 46.8 Å². The molecule has 0 unspecified atom stereocenters. The average molecular weight is 439 g/mol. The molecule has 0 saturated carbocycles. The third-order valence-corrected chi connectivity index (χ3v) is 5.59. The van der Waals surface area contributed by atoms with Gasteiger partial charge < -0.3 is 14.6 Å². The number of nitrogens with zero attached hydrogens (tertiary/aromatic N) is 7. The van der Waals surface area contributed by atoms with E-state index in [1.54, 1.807) is 12.4 Å². The van der Waals surface area contributed by atoms with Crippen molar-refractivity contribution in [2.45, 2.75) is 0 Å². The van der Waals surface area contributed by atoms with E-state index in [1.165, 1.54) is 6.33 Å². The molecule has 5 aromatic rings. The highest BCUT2D eigenvalue weighted by atomic mass is 16.5. The van der Waals surface area contributed by atoms with Gasteiger partial charge in [-0.3, -0.25) is 5.43 Å². The molecule has 2 N–H and O–H groups in total. The van der Waals surface area contributed by atoms with Crippen molar-refractivity contribution in [3.05, 3.63) is 66.7 Å². The van der Waals surface area contributed by atoms with E-state index in [4.69, 9.17) is 14.8 Å². The average Bonchev–Trinajstić information content (AvgIpc) is 3.49. The Kier molecular flexibility index (Phi) is 4.89. The van der Waals surface area contributed by atoms with E-state index in [9.17, 15) is 0 Å². The van der Waals surface area contributed by atoms with Gasteiger partial charge in [0.2, 0.25) is 0 Å². The number of rotatable bonds is 5. The minimum Gasteiger partial charge on any atom is -0.378 e. The maximum atomic E-state index is 5.53. The number of hydrogen-bond acceptors (Lipinski definition) is 8. The number of anilines is 2. The largest absolute Gasteiger partial charge is 0.378 e. The second-order valence-electron chi connectivity index (χ2n) is 7.65. The number of hydrazone groups is 1. The normalized spacial score (nSPS) is 14.5. The van der Waals surface area contributed by atoms with Crippen LogP contribution in [0.5, 0.6) is 0 Å². The zero-order valence-corrected chi connectivity index (χ0v) is 17.7. The first-order valence-corrected chi connectivity index (χ1v) is 10.7. The summed E-state index contributed by atoms with van der Waals surface area (Å²) in [5.41, 5.74) is 7.35. The molecule has 4 aromatic heterocycles. The van der Waals surface area contributed by atoms with Crippen molar-refractivity contribution in [2.75, 3.05) is 36.6 Å². The highest BCUT2D eigenvalue weighted by Gasteiger charge is 2.18. The highest BCUT2D eigenvalue weighted by Crippen LogP contribution is 2.25. The number of para-hydroxylation sites is 1. The zero-order valence-electron chi connectivity index (χ0n) is 17.7. The minimum absolute atomic E-state index is 0.634. The maximum Gasteiger partial charge on any atom is 0.160 e. The van der Waals surface area contributed by atoms with E-state index in [1.807, 2.05) is 47.1 Å². The smallest absolute Gasteiger partial charge is 0.160 e. The number of aromatic nitrogens is 6. The van der Waals surface area contributed by atoms with E-state index in [0.29, 0.717) is 24.7 Å². The number of nitrogens with one attached hydrogen (secondary N) is 2. The summed E-state index contributed by atoms with van der Waals surface area (Å²) >= 11 is 0. The number of fused-ring (bicyclic) bond motifs is 2. The second-order valence-corrected chi connectivity index (χ2v) is 7.65. The van der Waals surface area contributed by atoms with Crippen LogP contribution in [0.25, 0.3) is 27.9 Å². The van der Waals surface area contributed by atoms with Crippen molar-refractivity contribution in [3.8, 4) is 11.4 Å². The molecule has 33 heavy (non-hydrogen) atoms. The molecule has 5 heterocycles. The van der Waals surface area contributed by atoms with Crippen LogP contribution < -0.4 is 10.3 Å². The number of benzene rings is 1. The van der Waals surface area contributed by atoms with Crippen LogP contribution in [0.15, 0.2) is 66.3 Å². The van der Waals surface area contributed by atoms with Crippen LogP contribution in [0.1, 0.15) is 5.56 Å². The molecule has 0 amide bonds. The van der Waals surface area contributed by atoms with Crippen LogP contribution in [-0.4, -0.2) is 62.1 Å². The molecule has 1 aromatic carbocycles. The third-order valence-electron chi connectivity index (χ3n) is 5.59. The lowest BCUT2D eigenvalue weighted by atomic mass is 10.2. The van der Waals surface area contributed by atoms with Gasteiger partial charge in [-0.15, -0.1) is 0 Å². The summed E-state index contributed by atoms with van der Waals surface area (Å²) in [5, 5.41) is 10.3. The highest BCUT2D eigenvalue weighted by molar-refractivity contribution is 5.99. The molecule has 0 aliphatic carbocycles. The Bertz CT molecular complexity index is 1430. The fraction of sp³-hybridized carbons (Fsp3) is 0.174. The Labute approximate surface area is 189 Å². The van der Waals surface area contributed by atoms with Crippen LogP contribution in [0, 0.1) is 0 Å². The van der Waals surface area contributed by atoms with Crippen LogP contribution in [-0.2, 0) is 4.74 Å². The van der Waals surface area contributed by atoms with Gasteiger partial charge in [0.15, 0.2) is 11.5 Å². The van der Waals surface area contributed by atoms with Crippen molar-refractivity contribution in [2.24, 2.45) is 5.10 Å². The van der Waals surface area contributed by atoms with Crippen LogP contribution in [0.2, 0.25) is 0 Å². The van der Waals surface area contributed by atoms with Crippen LogP contribution in [0.4, 0.5) is 11.6 Å². The maximum absolute atomic E-state index is 5.53. The Morgan fingerprint density at radius 2 is 2.00 bits per heavy atom. The molecular weight excluding hydrogens is 418 g/mol. The molecule has 1 saturated heterocycles. The lowest BCUT2D eigenvalue weighted by molar-refractivity contribution is 0.122. The molecule has 0 spiro atoms. The summed E-state index contributed by atoms with van der Waals surface area (Å²) in [6.07, 6.45) is 6.95.